The Kier molecular flexibility index (Phi) is 5.60. The summed E-state index contributed by atoms with van der Waals surface area (Å²) in [6.45, 7) is 0. The summed E-state index contributed by atoms with van der Waals surface area (Å²) in [6.07, 6.45) is 0. The molecule has 29 heavy (non-hydrogen) atoms. The summed E-state index contributed by atoms with van der Waals surface area (Å²) in [5.41, 5.74) is 3.68. The van der Waals surface area contributed by atoms with E-state index in [1.807, 2.05) is 83.9 Å². The molecule has 0 saturated carbocycles. The van der Waals surface area contributed by atoms with Crippen LogP contribution in [0, 0.1) is 0 Å². The Morgan fingerprint density at radius 1 is 1.10 bits per heavy atom. The molecule has 0 spiro atoms. The number of carbonyl (C=O) groups excluding carboxylic acids is 2. The number of carbonyl (C=O) groups is 2. The minimum absolute atomic E-state index is 0.0885. The molecule has 5 nitrogen and oxygen atoms in total. The van der Waals surface area contributed by atoms with Gasteiger partial charge in [0, 0.05) is 31.2 Å². The van der Waals surface area contributed by atoms with E-state index in [0.717, 1.165) is 22.6 Å². The first-order valence-electron chi connectivity index (χ1n) is 9.19. The quantitative estimate of drug-likeness (QED) is 0.638. The Labute approximate surface area is 178 Å². The first kappa shape index (κ1) is 19.5. The van der Waals surface area contributed by atoms with Gasteiger partial charge in [-0.1, -0.05) is 18.2 Å². The number of nitrogens with one attached hydrogen (secondary N) is 1. The molecule has 148 valence electrons. The van der Waals surface area contributed by atoms with Gasteiger partial charge in [-0.3, -0.25) is 14.5 Å². The molecule has 2 aromatic carbocycles. The molecule has 7 heteroatoms. The Bertz CT molecular complexity index is 1020. The van der Waals surface area contributed by atoms with Crippen LogP contribution >= 0.6 is 23.1 Å². The zero-order valence-corrected chi connectivity index (χ0v) is 17.8. The second-order valence-electron chi connectivity index (χ2n) is 6.89. The molecule has 0 aliphatic carbocycles. The second kappa shape index (κ2) is 8.31. The van der Waals surface area contributed by atoms with Crippen LogP contribution < -0.4 is 15.1 Å². The summed E-state index contributed by atoms with van der Waals surface area (Å²) in [5, 5.41) is 4.71. The van der Waals surface area contributed by atoms with Crippen LogP contribution in [0.15, 0.2) is 66.0 Å². The van der Waals surface area contributed by atoms with Crippen molar-refractivity contribution < 1.29 is 9.59 Å². The Morgan fingerprint density at radius 2 is 1.90 bits per heavy atom. The molecule has 1 aliphatic heterocycles. The van der Waals surface area contributed by atoms with E-state index >= 15 is 0 Å². The Morgan fingerprint density at radius 3 is 2.59 bits per heavy atom. The molecule has 1 aromatic heterocycles. The van der Waals surface area contributed by atoms with Crippen LogP contribution in [-0.4, -0.2) is 31.7 Å². The van der Waals surface area contributed by atoms with Crippen molar-refractivity contribution in [1.29, 1.82) is 0 Å². The summed E-state index contributed by atoms with van der Waals surface area (Å²) in [5.74, 6) is 0.403. The molecular formula is C22H21N3O2S2. The highest BCUT2D eigenvalue weighted by Gasteiger charge is 2.34. The highest BCUT2D eigenvalue weighted by atomic mass is 32.2. The van der Waals surface area contributed by atoms with Crippen molar-refractivity contribution in [3.63, 3.8) is 0 Å². The number of amides is 2. The number of thiophene rings is 1. The van der Waals surface area contributed by atoms with Gasteiger partial charge in [-0.15, -0.1) is 23.1 Å². The number of nitrogens with zero attached hydrogens (tertiary/aromatic N) is 2. The predicted octanol–water partition coefficient (Wildman–Crippen LogP) is 4.85. The monoisotopic (exact) mass is 423 g/mol. The summed E-state index contributed by atoms with van der Waals surface area (Å²) in [7, 11) is 3.98. The molecule has 0 bridgehead atoms. The summed E-state index contributed by atoms with van der Waals surface area (Å²) in [4.78, 5) is 29.5. The van der Waals surface area contributed by atoms with Gasteiger partial charge < -0.3 is 10.2 Å². The number of rotatable bonds is 5. The molecular weight excluding hydrogens is 402 g/mol. The molecule has 1 fully saturated rings. The minimum Gasteiger partial charge on any atom is -0.378 e. The number of hydrogen-bond donors (Lipinski definition) is 1. The first-order chi connectivity index (χ1) is 14.0. The van der Waals surface area contributed by atoms with Gasteiger partial charge in [-0.2, -0.15) is 0 Å². The SMILES string of the molecule is CN(C)c1ccc(N2C(=O)CSC2c2cccc(NC(=O)c3cccs3)c2)cc1. The van der Waals surface area contributed by atoms with Crippen LogP contribution in [0.4, 0.5) is 17.1 Å². The minimum atomic E-state index is -0.122. The van der Waals surface area contributed by atoms with Gasteiger partial charge in [0.15, 0.2) is 0 Å². The van der Waals surface area contributed by atoms with E-state index < -0.39 is 0 Å². The van der Waals surface area contributed by atoms with Crippen molar-refractivity contribution >= 4 is 52.0 Å². The summed E-state index contributed by atoms with van der Waals surface area (Å²) >= 11 is 3.01. The third kappa shape index (κ3) is 4.16. The maximum absolute atomic E-state index is 12.6. The lowest BCUT2D eigenvalue weighted by atomic mass is 10.1. The molecule has 2 heterocycles. The maximum atomic E-state index is 12.6. The molecule has 1 atom stereocenters. The fourth-order valence-corrected chi connectivity index (χ4v) is 5.02. The molecule has 1 saturated heterocycles. The highest BCUT2D eigenvalue weighted by molar-refractivity contribution is 8.00. The third-order valence-corrected chi connectivity index (χ3v) is 6.77. The van der Waals surface area contributed by atoms with E-state index in [2.05, 4.69) is 5.32 Å². The van der Waals surface area contributed by atoms with E-state index in [4.69, 9.17) is 0 Å². The summed E-state index contributed by atoms with van der Waals surface area (Å²) < 4.78 is 0. The van der Waals surface area contributed by atoms with Crippen molar-refractivity contribution in [2.24, 2.45) is 0 Å². The van der Waals surface area contributed by atoms with Gasteiger partial charge in [0.05, 0.1) is 10.6 Å². The lowest BCUT2D eigenvalue weighted by Crippen LogP contribution is -2.27. The van der Waals surface area contributed by atoms with Gasteiger partial charge in [-0.05, 0) is 53.4 Å². The van der Waals surface area contributed by atoms with Gasteiger partial charge in [0.1, 0.15) is 5.37 Å². The molecule has 0 radical (unpaired) electrons. The average molecular weight is 424 g/mol. The lowest BCUT2D eigenvalue weighted by molar-refractivity contribution is -0.115. The van der Waals surface area contributed by atoms with Crippen molar-refractivity contribution in [1.82, 2.24) is 0 Å². The fourth-order valence-electron chi connectivity index (χ4n) is 3.23. The van der Waals surface area contributed by atoms with E-state index in [1.165, 1.54) is 11.3 Å². The Balaban J connectivity index is 1.58. The van der Waals surface area contributed by atoms with Crippen molar-refractivity contribution in [2.75, 3.05) is 35.0 Å². The van der Waals surface area contributed by atoms with E-state index in [0.29, 0.717) is 10.6 Å². The van der Waals surface area contributed by atoms with Crippen LogP contribution in [-0.2, 0) is 4.79 Å². The van der Waals surface area contributed by atoms with Crippen LogP contribution in [0.3, 0.4) is 0 Å². The molecule has 2 amide bonds. The largest absolute Gasteiger partial charge is 0.378 e. The predicted molar refractivity (Wildman–Crippen MR) is 122 cm³/mol. The second-order valence-corrected chi connectivity index (χ2v) is 8.91. The van der Waals surface area contributed by atoms with Crippen LogP contribution in [0.5, 0.6) is 0 Å². The highest BCUT2D eigenvalue weighted by Crippen LogP contribution is 2.42. The normalized spacial score (nSPS) is 16.1. The van der Waals surface area contributed by atoms with Crippen LogP contribution in [0.1, 0.15) is 20.6 Å². The summed E-state index contributed by atoms with van der Waals surface area (Å²) in [6, 6.07) is 19.4. The molecule has 3 aromatic rings. The van der Waals surface area contributed by atoms with Crippen LogP contribution in [0.25, 0.3) is 0 Å². The molecule has 4 rings (SSSR count). The third-order valence-electron chi connectivity index (χ3n) is 4.69. The molecule has 1 unspecified atom stereocenters. The van der Waals surface area contributed by atoms with Crippen molar-refractivity contribution in [3.8, 4) is 0 Å². The maximum Gasteiger partial charge on any atom is 0.265 e. The van der Waals surface area contributed by atoms with E-state index in [9.17, 15) is 9.59 Å². The van der Waals surface area contributed by atoms with Crippen molar-refractivity contribution in [2.45, 2.75) is 5.37 Å². The topological polar surface area (TPSA) is 52.6 Å². The number of thioether (sulfide) groups is 1. The number of anilines is 3. The zero-order chi connectivity index (χ0) is 20.4. The van der Waals surface area contributed by atoms with Gasteiger partial charge in [0.25, 0.3) is 5.91 Å². The smallest absolute Gasteiger partial charge is 0.265 e. The molecule has 1 aliphatic rings. The number of benzene rings is 2. The van der Waals surface area contributed by atoms with Gasteiger partial charge in [-0.25, -0.2) is 0 Å². The fraction of sp³-hybridized carbons (Fsp3) is 0.182. The Hall–Kier alpha value is -2.77. The van der Waals surface area contributed by atoms with Gasteiger partial charge >= 0.3 is 0 Å². The van der Waals surface area contributed by atoms with E-state index in [1.54, 1.807) is 17.8 Å². The first-order valence-corrected chi connectivity index (χ1v) is 11.1. The lowest BCUT2D eigenvalue weighted by Gasteiger charge is -2.25. The average Bonchev–Trinajstić information content (AvgIpc) is 3.38. The van der Waals surface area contributed by atoms with Crippen molar-refractivity contribution in [3.05, 3.63) is 76.5 Å². The number of hydrogen-bond acceptors (Lipinski definition) is 5. The molecule has 1 N–H and O–H groups in total. The van der Waals surface area contributed by atoms with Crippen LogP contribution in [0.2, 0.25) is 0 Å². The zero-order valence-electron chi connectivity index (χ0n) is 16.2. The van der Waals surface area contributed by atoms with E-state index in [-0.39, 0.29) is 17.2 Å². The standard InChI is InChI=1S/C22H21N3O2S2/c1-24(2)17-8-10-18(11-9-17)25-20(26)14-29-22(25)15-5-3-6-16(13-15)23-21(27)19-7-4-12-28-19/h3-13,22H,14H2,1-2H3,(H,23,27). The van der Waals surface area contributed by atoms with Gasteiger partial charge in [0.2, 0.25) is 5.91 Å².